The van der Waals surface area contributed by atoms with Gasteiger partial charge in [-0.1, -0.05) is 13.8 Å². The molecule has 0 aromatic rings. The average Bonchev–Trinajstić information content (AvgIpc) is 2.79. The summed E-state index contributed by atoms with van der Waals surface area (Å²) in [6.07, 6.45) is 2.83. The van der Waals surface area contributed by atoms with Crippen LogP contribution in [0.2, 0.25) is 0 Å². The summed E-state index contributed by atoms with van der Waals surface area (Å²) in [6, 6.07) is 0.908. The normalized spacial score (nSPS) is 17.8. The second kappa shape index (κ2) is 4.83. The van der Waals surface area contributed by atoms with Gasteiger partial charge in [0.1, 0.15) is 0 Å². The second-order valence-electron chi connectivity index (χ2n) is 4.31. The SMILES string of the molecule is CC(C)CNCCN(C)C1CC1. The van der Waals surface area contributed by atoms with Crippen LogP contribution in [0.25, 0.3) is 0 Å². The number of nitrogens with one attached hydrogen (secondary N) is 1. The first-order chi connectivity index (χ1) is 5.70. The highest BCUT2D eigenvalue weighted by molar-refractivity contribution is 4.82. The van der Waals surface area contributed by atoms with Crippen molar-refractivity contribution < 1.29 is 0 Å². The summed E-state index contributed by atoms with van der Waals surface area (Å²) in [5.74, 6) is 0.774. The lowest BCUT2D eigenvalue weighted by molar-refractivity contribution is 0.319. The van der Waals surface area contributed by atoms with Crippen molar-refractivity contribution >= 4 is 0 Å². The number of likely N-dealkylation sites (N-methyl/N-ethyl adjacent to an activating group) is 1. The van der Waals surface area contributed by atoms with Crippen LogP contribution in [0.1, 0.15) is 26.7 Å². The highest BCUT2D eigenvalue weighted by Gasteiger charge is 2.25. The van der Waals surface area contributed by atoms with Gasteiger partial charge in [0.15, 0.2) is 0 Å². The molecule has 1 aliphatic carbocycles. The Kier molecular flexibility index (Phi) is 4.02. The first-order valence-corrected chi connectivity index (χ1v) is 5.11. The van der Waals surface area contributed by atoms with Gasteiger partial charge in [0.25, 0.3) is 0 Å². The molecule has 1 fully saturated rings. The Hall–Kier alpha value is -0.0800. The van der Waals surface area contributed by atoms with Crippen LogP contribution < -0.4 is 5.32 Å². The Morgan fingerprint density at radius 2 is 2.08 bits per heavy atom. The molecule has 0 atom stereocenters. The molecule has 2 nitrogen and oxygen atoms in total. The highest BCUT2D eigenvalue weighted by Crippen LogP contribution is 2.24. The maximum absolute atomic E-state index is 3.46. The molecule has 0 amide bonds. The molecule has 0 spiro atoms. The van der Waals surface area contributed by atoms with Crippen molar-refractivity contribution in [3.8, 4) is 0 Å². The summed E-state index contributed by atoms with van der Waals surface area (Å²) in [5, 5.41) is 3.46. The van der Waals surface area contributed by atoms with Crippen LogP contribution in [-0.2, 0) is 0 Å². The second-order valence-corrected chi connectivity index (χ2v) is 4.31. The molecule has 0 heterocycles. The van der Waals surface area contributed by atoms with Gasteiger partial charge in [0.2, 0.25) is 0 Å². The number of hydrogen-bond acceptors (Lipinski definition) is 2. The minimum atomic E-state index is 0.774. The summed E-state index contributed by atoms with van der Waals surface area (Å²) in [6.45, 7) is 8.00. The Morgan fingerprint density at radius 3 is 2.58 bits per heavy atom. The standard InChI is InChI=1S/C10H22N2/c1-9(2)8-11-6-7-12(3)10-4-5-10/h9-11H,4-8H2,1-3H3. The fraction of sp³-hybridized carbons (Fsp3) is 1.00. The molecule has 12 heavy (non-hydrogen) atoms. The van der Waals surface area contributed by atoms with E-state index in [-0.39, 0.29) is 0 Å². The highest BCUT2D eigenvalue weighted by atomic mass is 15.2. The third-order valence-corrected chi connectivity index (χ3v) is 2.36. The van der Waals surface area contributed by atoms with Crippen LogP contribution in [0.15, 0.2) is 0 Å². The van der Waals surface area contributed by atoms with Crippen molar-refractivity contribution in [2.24, 2.45) is 5.92 Å². The molecule has 1 saturated carbocycles. The van der Waals surface area contributed by atoms with Crippen molar-refractivity contribution in [2.45, 2.75) is 32.7 Å². The molecule has 2 heteroatoms. The maximum atomic E-state index is 3.46. The van der Waals surface area contributed by atoms with Gasteiger partial charge in [-0.05, 0) is 32.4 Å². The third kappa shape index (κ3) is 4.07. The molecular weight excluding hydrogens is 148 g/mol. The lowest BCUT2D eigenvalue weighted by atomic mass is 10.2. The van der Waals surface area contributed by atoms with Crippen LogP contribution in [0, 0.1) is 5.92 Å². The van der Waals surface area contributed by atoms with E-state index >= 15 is 0 Å². The van der Waals surface area contributed by atoms with E-state index in [2.05, 4.69) is 31.1 Å². The van der Waals surface area contributed by atoms with Crippen molar-refractivity contribution in [1.82, 2.24) is 10.2 Å². The van der Waals surface area contributed by atoms with E-state index in [0.29, 0.717) is 0 Å². The summed E-state index contributed by atoms with van der Waals surface area (Å²) < 4.78 is 0. The molecule has 0 unspecified atom stereocenters. The summed E-state index contributed by atoms with van der Waals surface area (Å²) in [5.41, 5.74) is 0. The van der Waals surface area contributed by atoms with E-state index in [1.165, 1.54) is 19.4 Å². The fourth-order valence-electron chi connectivity index (χ4n) is 1.34. The third-order valence-electron chi connectivity index (χ3n) is 2.36. The van der Waals surface area contributed by atoms with E-state index in [1.807, 2.05) is 0 Å². The van der Waals surface area contributed by atoms with Crippen LogP contribution in [0.4, 0.5) is 0 Å². The summed E-state index contributed by atoms with van der Waals surface area (Å²) >= 11 is 0. The molecule has 0 aromatic heterocycles. The largest absolute Gasteiger partial charge is 0.315 e. The lowest BCUT2D eigenvalue weighted by Gasteiger charge is -2.16. The minimum absolute atomic E-state index is 0.774. The molecule has 1 N–H and O–H groups in total. The number of hydrogen-bond donors (Lipinski definition) is 1. The molecule has 0 saturated heterocycles. The molecular formula is C10H22N2. The van der Waals surface area contributed by atoms with Crippen LogP contribution in [-0.4, -0.2) is 37.6 Å². The summed E-state index contributed by atoms with van der Waals surface area (Å²) in [7, 11) is 2.23. The topological polar surface area (TPSA) is 15.3 Å². The smallest absolute Gasteiger partial charge is 0.0107 e. The van der Waals surface area contributed by atoms with Crippen molar-refractivity contribution in [1.29, 1.82) is 0 Å². The average molecular weight is 170 g/mol. The number of rotatable bonds is 6. The summed E-state index contributed by atoms with van der Waals surface area (Å²) in [4.78, 5) is 2.47. The quantitative estimate of drug-likeness (QED) is 0.605. The van der Waals surface area contributed by atoms with Gasteiger partial charge >= 0.3 is 0 Å². The Morgan fingerprint density at radius 1 is 1.42 bits per heavy atom. The molecule has 1 aliphatic rings. The predicted octanol–water partition coefficient (Wildman–Crippen LogP) is 1.33. The van der Waals surface area contributed by atoms with E-state index < -0.39 is 0 Å². The zero-order valence-electron chi connectivity index (χ0n) is 8.64. The van der Waals surface area contributed by atoms with E-state index in [4.69, 9.17) is 0 Å². The first-order valence-electron chi connectivity index (χ1n) is 5.11. The van der Waals surface area contributed by atoms with E-state index in [9.17, 15) is 0 Å². The Bertz CT molecular complexity index is 119. The van der Waals surface area contributed by atoms with Gasteiger partial charge in [0, 0.05) is 19.1 Å². The zero-order valence-corrected chi connectivity index (χ0v) is 8.64. The zero-order chi connectivity index (χ0) is 8.97. The molecule has 0 radical (unpaired) electrons. The van der Waals surface area contributed by atoms with E-state index in [1.54, 1.807) is 0 Å². The van der Waals surface area contributed by atoms with Gasteiger partial charge in [-0.2, -0.15) is 0 Å². The van der Waals surface area contributed by atoms with Gasteiger partial charge < -0.3 is 10.2 Å². The minimum Gasteiger partial charge on any atom is -0.315 e. The maximum Gasteiger partial charge on any atom is 0.0107 e. The fourth-order valence-corrected chi connectivity index (χ4v) is 1.34. The van der Waals surface area contributed by atoms with Crippen molar-refractivity contribution in [3.63, 3.8) is 0 Å². The predicted molar refractivity (Wildman–Crippen MR) is 53.4 cm³/mol. The van der Waals surface area contributed by atoms with Gasteiger partial charge in [-0.15, -0.1) is 0 Å². The molecule has 0 aliphatic heterocycles. The van der Waals surface area contributed by atoms with Crippen molar-refractivity contribution in [3.05, 3.63) is 0 Å². The van der Waals surface area contributed by atoms with Crippen LogP contribution >= 0.6 is 0 Å². The number of nitrogens with zero attached hydrogens (tertiary/aromatic N) is 1. The molecule has 0 bridgehead atoms. The van der Waals surface area contributed by atoms with Crippen molar-refractivity contribution in [2.75, 3.05) is 26.7 Å². The molecule has 1 rings (SSSR count). The van der Waals surface area contributed by atoms with Gasteiger partial charge in [-0.3, -0.25) is 0 Å². The lowest BCUT2D eigenvalue weighted by Crippen LogP contribution is -2.32. The van der Waals surface area contributed by atoms with Crippen LogP contribution in [0.3, 0.4) is 0 Å². The Labute approximate surface area is 76.3 Å². The molecule has 72 valence electrons. The monoisotopic (exact) mass is 170 g/mol. The van der Waals surface area contributed by atoms with Gasteiger partial charge in [0.05, 0.1) is 0 Å². The molecule has 0 aromatic carbocycles. The van der Waals surface area contributed by atoms with Gasteiger partial charge in [-0.25, -0.2) is 0 Å². The van der Waals surface area contributed by atoms with E-state index in [0.717, 1.165) is 25.0 Å². The first kappa shape index (κ1) is 10.0. The van der Waals surface area contributed by atoms with Crippen LogP contribution in [0.5, 0.6) is 0 Å². The Balaban J connectivity index is 1.87.